The third-order valence-corrected chi connectivity index (χ3v) is 5.63. The molecule has 2 aliphatic carbocycles. The first-order valence-corrected chi connectivity index (χ1v) is 7.23. The van der Waals surface area contributed by atoms with Crippen LogP contribution in [0.2, 0.25) is 0 Å². The van der Waals surface area contributed by atoms with Crippen LogP contribution in [-0.4, -0.2) is 12.7 Å². The summed E-state index contributed by atoms with van der Waals surface area (Å²) in [6.45, 7) is 14.9. The Kier molecular flexibility index (Phi) is 2.49. The Hall–Kier alpha value is -0.300. The quantitative estimate of drug-likeness (QED) is 0.659. The number of hydrogen-bond donors (Lipinski definition) is 0. The molecule has 0 aromatic heterocycles. The van der Waals surface area contributed by atoms with Crippen LogP contribution in [-0.2, 0) is 4.74 Å². The summed E-state index contributed by atoms with van der Waals surface area (Å²) >= 11 is 0. The predicted molar refractivity (Wildman–Crippen MR) is 70.7 cm³/mol. The standard InChI is InChI=1S/C16H26O/c1-9(2)6-13-14-10(3)11(8-17-13)7-12-15(14)16(12,4)5/h9,11-15H,3,6-8H2,1-2,4-5H3/t11-,12+,13+,14-,15+/m0/s1. The summed E-state index contributed by atoms with van der Waals surface area (Å²) in [5.74, 6) is 3.85. The molecule has 3 fully saturated rings. The molecule has 0 radical (unpaired) electrons. The molecular weight excluding hydrogens is 208 g/mol. The van der Waals surface area contributed by atoms with Gasteiger partial charge < -0.3 is 4.74 Å². The summed E-state index contributed by atoms with van der Waals surface area (Å²) in [4.78, 5) is 0. The van der Waals surface area contributed by atoms with E-state index >= 15 is 0 Å². The van der Waals surface area contributed by atoms with Gasteiger partial charge in [0, 0.05) is 11.8 Å². The third kappa shape index (κ3) is 1.62. The van der Waals surface area contributed by atoms with Crippen molar-refractivity contribution in [3.63, 3.8) is 0 Å². The Morgan fingerprint density at radius 3 is 2.76 bits per heavy atom. The minimum Gasteiger partial charge on any atom is -0.377 e. The fourth-order valence-electron chi connectivity index (χ4n) is 4.58. The normalized spacial score (nSPS) is 46.9. The second-order valence-corrected chi connectivity index (χ2v) is 7.49. The van der Waals surface area contributed by atoms with Crippen molar-refractivity contribution in [2.24, 2.45) is 35.0 Å². The lowest BCUT2D eigenvalue weighted by molar-refractivity contribution is -0.0561. The zero-order chi connectivity index (χ0) is 12.4. The number of ether oxygens (including phenoxy) is 1. The van der Waals surface area contributed by atoms with E-state index in [-0.39, 0.29) is 0 Å². The lowest BCUT2D eigenvalue weighted by Crippen LogP contribution is -2.41. The van der Waals surface area contributed by atoms with Crippen molar-refractivity contribution in [3.05, 3.63) is 12.2 Å². The fourth-order valence-corrected chi connectivity index (χ4v) is 4.58. The minimum absolute atomic E-state index is 0.452. The Bertz CT molecular complexity index is 341. The largest absolute Gasteiger partial charge is 0.377 e. The molecule has 1 heterocycles. The van der Waals surface area contributed by atoms with E-state index in [0.717, 1.165) is 24.4 Å². The minimum atomic E-state index is 0.452. The van der Waals surface area contributed by atoms with Gasteiger partial charge >= 0.3 is 0 Å². The van der Waals surface area contributed by atoms with Crippen LogP contribution in [0, 0.1) is 35.0 Å². The Balaban J connectivity index is 1.85. The van der Waals surface area contributed by atoms with E-state index in [0.29, 0.717) is 23.4 Å². The molecule has 0 N–H and O–H groups in total. The van der Waals surface area contributed by atoms with Crippen LogP contribution in [0.4, 0.5) is 0 Å². The van der Waals surface area contributed by atoms with Gasteiger partial charge in [-0.2, -0.15) is 0 Å². The van der Waals surface area contributed by atoms with E-state index in [4.69, 9.17) is 4.74 Å². The Morgan fingerprint density at radius 2 is 2.12 bits per heavy atom. The second-order valence-electron chi connectivity index (χ2n) is 7.49. The van der Waals surface area contributed by atoms with Gasteiger partial charge in [0.15, 0.2) is 0 Å². The van der Waals surface area contributed by atoms with Gasteiger partial charge in [0.05, 0.1) is 12.7 Å². The van der Waals surface area contributed by atoms with E-state index in [2.05, 4.69) is 34.3 Å². The Morgan fingerprint density at radius 1 is 1.41 bits per heavy atom. The number of fused-ring (bicyclic) bond motifs is 4. The lowest BCUT2D eigenvalue weighted by atomic mass is 9.71. The first-order valence-electron chi connectivity index (χ1n) is 7.23. The maximum Gasteiger partial charge on any atom is 0.0646 e. The zero-order valence-corrected chi connectivity index (χ0v) is 11.7. The molecule has 1 saturated heterocycles. The van der Waals surface area contributed by atoms with Gasteiger partial charge in [-0.3, -0.25) is 0 Å². The fraction of sp³-hybridized carbons (Fsp3) is 0.875. The summed E-state index contributed by atoms with van der Waals surface area (Å²) in [5, 5.41) is 0. The molecule has 0 spiro atoms. The topological polar surface area (TPSA) is 9.23 Å². The average molecular weight is 234 g/mol. The Labute approximate surface area is 106 Å². The van der Waals surface area contributed by atoms with Crippen molar-refractivity contribution >= 4 is 0 Å². The van der Waals surface area contributed by atoms with Crippen LogP contribution in [0.1, 0.15) is 40.5 Å². The second kappa shape index (κ2) is 3.60. The maximum absolute atomic E-state index is 6.16. The van der Waals surface area contributed by atoms with Gasteiger partial charge in [-0.25, -0.2) is 0 Å². The van der Waals surface area contributed by atoms with E-state index < -0.39 is 0 Å². The van der Waals surface area contributed by atoms with Crippen LogP contribution < -0.4 is 0 Å². The molecule has 0 aromatic rings. The molecule has 3 rings (SSSR count). The molecule has 96 valence electrons. The van der Waals surface area contributed by atoms with Crippen LogP contribution >= 0.6 is 0 Å². The summed E-state index contributed by atoms with van der Waals surface area (Å²) in [6.07, 6.45) is 2.99. The van der Waals surface area contributed by atoms with Crippen LogP contribution in [0.25, 0.3) is 0 Å². The SMILES string of the molecule is C=C1[C@@H]2CO[C@H](CC(C)C)[C@H]1[C@H]1[C@@H](C2)C1(C)C. The highest BCUT2D eigenvalue weighted by atomic mass is 16.5. The highest BCUT2D eigenvalue weighted by Gasteiger charge is 2.66. The molecule has 1 nitrogen and oxygen atoms in total. The van der Waals surface area contributed by atoms with Crippen LogP contribution in [0.3, 0.4) is 0 Å². The number of hydrogen-bond acceptors (Lipinski definition) is 1. The van der Waals surface area contributed by atoms with E-state index in [9.17, 15) is 0 Å². The summed E-state index contributed by atoms with van der Waals surface area (Å²) in [7, 11) is 0. The van der Waals surface area contributed by atoms with E-state index in [1.807, 2.05) is 0 Å². The zero-order valence-electron chi connectivity index (χ0n) is 11.7. The molecule has 1 heteroatoms. The van der Waals surface area contributed by atoms with Crippen molar-refractivity contribution < 1.29 is 4.74 Å². The molecule has 0 amide bonds. The molecule has 1 aliphatic heterocycles. The van der Waals surface area contributed by atoms with Crippen LogP contribution in [0.5, 0.6) is 0 Å². The first-order chi connectivity index (χ1) is 7.93. The van der Waals surface area contributed by atoms with Gasteiger partial charge in [0.2, 0.25) is 0 Å². The van der Waals surface area contributed by atoms with Crippen molar-refractivity contribution in [2.75, 3.05) is 6.61 Å². The van der Waals surface area contributed by atoms with Crippen molar-refractivity contribution in [1.29, 1.82) is 0 Å². The number of rotatable bonds is 2. The molecule has 2 bridgehead atoms. The van der Waals surface area contributed by atoms with Crippen LogP contribution in [0.15, 0.2) is 12.2 Å². The molecule has 0 aromatic carbocycles. The highest BCUT2D eigenvalue weighted by Crippen LogP contribution is 2.70. The smallest absolute Gasteiger partial charge is 0.0646 e. The van der Waals surface area contributed by atoms with Crippen molar-refractivity contribution in [1.82, 2.24) is 0 Å². The van der Waals surface area contributed by atoms with Gasteiger partial charge in [0.25, 0.3) is 0 Å². The molecule has 2 saturated carbocycles. The summed E-state index contributed by atoms with van der Waals surface area (Å²) < 4.78 is 6.16. The maximum atomic E-state index is 6.16. The van der Waals surface area contributed by atoms with E-state index in [1.165, 1.54) is 18.4 Å². The third-order valence-electron chi connectivity index (χ3n) is 5.63. The molecule has 3 aliphatic rings. The molecule has 5 atom stereocenters. The molecular formula is C16H26O. The highest BCUT2D eigenvalue weighted by molar-refractivity contribution is 5.26. The van der Waals surface area contributed by atoms with Crippen molar-refractivity contribution in [3.8, 4) is 0 Å². The van der Waals surface area contributed by atoms with Crippen molar-refractivity contribution in [2.45, 2.75) is 46.6 Å². The first kappa shape index (κ1) is 11.8. The van der Waals surface area contributed by atoms with Gasteiger partial charge in [0.1, 0.15) is 0 Å². The summed E-state index contributed by atoms with van der Waals surface area (Å²) in [6, 6.07) is 0. The molecule has 0 unspecified atom stereocenters. The van der Waals surface area contributed by atoms with Gasteiger partial charge in [-0.05, 0) is 36.0 Å². The van der Waals surface area contributed by atoms with Gasteiger partial charge in [-0.15, -0.1) is 0 Å². The lowest BCUT2D eigenvalue weighted by Gasteiger charge is -2.42. The predicted octanol–water partition coefficient (Wildman–Crippen LogP) is 3.90. The monoisotopic (exact) mass is 234 g/mol. The summed E-state index contributed by atoms with van der Waals surface area (Å²) in [5.41, 5.74) is 2.07. The van der Waals surface area contributed by atoms with E-state index in [1.54, 1.807) is 0 Å². The van der Waals surface area contributed by atoms with Gasteiger partial charge in [-0.1, -0.05) is 39.8 Å². The molecule has 17 heavy (non-hydrogen) atoms. The average Bonchev–Trinajstić information content (AvgIpc) is 2.71.